The summed E-state index contributed by atoms with van der Waals surface area (Å²) in [5.41, 5.74) is 2.02. The third kappa shape index (κ3) is 4.60. The highest BCUT2D eigenvalue weighted by molar-refractivity contribution is 6.35. The molecule has 23 heavy (non-hydrogen) atoms. The van der Waals surface area contributed by atoms with Crippen LogP contribution in [0.15, 0.2) is 35.3 Å². The van der Waals surface area contributed by atoms with Crippen LogP contribution in [0.25, 0.3) is 0 Å². The normalized spacial score (nSPS) is 11.2. The van der Waals surface area contributed by atoms with E-state index in [2.05, 4.69) is 4.99 Å². The maximum absolute atomic E-state index is 13.5. The van der Waals surface area contributed by atoms with E-state index >= 15 is 0 Å². The van der Waals surface area contributed by atoms with Gasteiger partial charge in [-0.05, 0) is 36.2 Å². The molecule has 2 aromatic carbocycles. The van der Waals surface area contributed by atoms with Crippen molar-refractivity contribution < 1.29 is 4.39 Å². The number of aliphatic imine (C=N–C) groups is 1. The third-order valence-electron chi connectivity index (χ3n) is 3.42. The smallest absolute Gasteiger partial charge is 0.142 e. The molecular formula is C17H16Cl3FN2. The van der Waals surface area contributed by atoms with E-state index < -0.39 is 5.82 Å². The Labute approximate surface area is 150 Å². The number of hydrogen-bond donors (Lipinski definition) is 0. The van der Waals surface area contributed by atoms with Gasteiger partial charge in [-0.2, -0.15) is 0 Å². The van der Waals surface area contributed by atoms with Crippen molar-refractivity contribution in [1.82, 2.24) is 4.90 Å². The first-order valence-electron chi connectivity index (χ1n) is 7.07. The van der Waals surface area contributed by atoms with E-state index in [9.17, 15) is 4.39 Å². The van der Waals surface area contributed by atoms with Crippen LogP contribution >= 0.6 is 34.8 Å². The van der Waals surface area contributed by atoms with E-state index in [1.165, 1.54) is 6.07 Å². The zero-order chi connectivity index (χ0) is 17.0. The van der Waals surface area contributed by atoms with E-state index in [-0.39, 0.29) is 5.02 Å². The van der Waals surface area contributed by atoms with Gasteiger partial charge in [0, 0.05) is 25.0 Å². The summed E-state index contributed by atoms with van der Waals surface area (Å²) >= 11 is 18.6. The minimum atomic E-state index is -0.449. The molecule has 0 bridgehead atoms. The van der Waals surface area contributed by atoms with Crippen molar-refractivity contribution in [3.63, 3.8) is 0 Å². The van der Waals surface area contributed by atoms with Crippen molar-refractivity contribution >= 4 is 46.8 Å². The number of nitrogens with zero attached hydrogens (tertiary/aromatic N) is 2. The van der Waals surface area contributed by atoms with Crippen LogP contribution in [0.5, 0.6) is 0 Å². The zero-order valence-electron chi connectivity index (χ0n) is 12.8. The molecule has 0 heterocycles. The summed E-state index contributed by atoms with van der Waals surface area (Å²) in [4.78, 5) is 6.24. The Bertz CT molecular complexity index is 732. The van der Waals surface area contributed by atoms with Gasteiger partial charge in [-0.25, -0.2) is 9.38 Å². The Morgan fingerprint density at radius 1 is 1.13 bits per heavy atom. The summed E-state index contributed by atoms with van der Waals surface area (Å²) in [6, 6.07) is 8.14. The highest BCUT2D eigenvalue weighted by atomic mass is 35.5. The fourth-order valence-corrected chi connectivity index (χ4v) is 2.60. The van der Waals surface area contributed by atoms with Gasteiger partial charge in [0.2, 0.25) is 0 Å². The number of halogens is 4. The maximum atomic E-state index is 13.5. The number of hydrogen-bond acceptors (Lipinski definition) is 1. The highest BCUT2D eigenvalue weighted by Gasteiger charge is 2.11. The minimum Gasteiger partial charge on any atom is -0.366 e. The molecule has 0 aliphatic rings. The molecule has 0 N–H and O–H groups in total. The quantitative estimate of drug-likeness (QED) is 0.464. The lowest BCUT2D eigenvalue weighted by Crippen LogP contribution is -2.14. The first-order chi connectivity index (χ1) is 10.9. The fourth-order valence-electron chi connectivity index (χ4n) is 1.94. The summed E-state index contributed by atoms with van der Waals surface area (Å²) in [7, 11) is 1.92. The molecule has 0 unspecified atom stereocenters. The van der Waals surface area contributed by atoms with E-state index in [0.717, 1.165) is 12.1 Å². The Hall–Kier alpha value is -1.29. The molecule has 0 amide bonds. The molecule has 0 aliphatic heterocycles. The molecule has 2 aromatic rings. The molecule has 2 nitrogen and oxygen atoms in total. The van der Waals surface area contributed by atoms with E-state index in [0.29, 0.717) is 27.7 Å². The van der Waals surface area contributed by atoms with Gasteiger partial charge in [-0.1, -0.05) is 46.9 Å². The zero-order valence-corrected chi connectivity index (χ0v) is 15.1. The lowest BCUT2D eigenvalue weighted by molar-refractivity contribution is 0.552. The molecule has 0 radical (unpaired) electrons. The van der Waals surface area contributed by atoms with Crippen molar-refractivity contribution in [3.8, 4) is 0 Å². The predicted octanol–water partition coefficient (Wildman–Crippen LogP) is 5.99. The SMILES string of the molecule is CCN(C)C=Nc1cc(Cl)c(Cc2cccc(F)c2Cl)cc1Cl. The van der Waals surface area contributed by atoms with Gasteiger partial charge in [-0.3, -0.25) is 0 Å². The average Bonchev–Trinajstić information content (AvgIpc) is 2.53. The van der Waals surface area contributed by atoms with Crippen molar-refractivity contribution in [3.05, 3.63) is 62.3 Å². The molecule has 2 rings (SSSR count). The Balaban J connectivity index is 2.30. The summed E-state index contributed by atoms with van der Waals surface area (Å²) in [6.07, 6.45) is 2.09. The summed E-state index contributed by atoms with van der Waals surface area (Å²) in [5.74, 6) is -0.449. The van der Waals surface area contributed by atoms with Crippen LogP contribution in [0.2, 0.25) is 15.1 Å². The number of rotatable bonds is 5. The Kier molecular flexibility index (Phi) is 6.28. The molecule has 122 valence electrons. The first-order valence-corrected chi connectivity index (χ1v) is 8.21. The van der Waals surface area contributed by atoms with Crippen molar-refractivity contribution in [2.75, 3.05) is 13.6 Å². The summed E-state index contributed by atoms with van der Waals surface area (Å²) in [5, 5.41) is 1.10. The largest absolute Gasteiger partial charge is 0.366 e. The van der Waals surface area contributed by atoms with Crippen LogP contribution in [-0.2, 0) is 6.42 Å². The second kappa shape index (κ2) is 8.00. The third-order valence-corrected chi connectivity index (χ3v) is 4.50. The van der Waals surface area contributed by atoms with Gasteiger partial charge in [0.05, 0.1) is 22.1 Å². The lowest BCUT2D eigenvalue weighted by atomic mass is 10.0. The fraction of sp³-hybridized carbons (Fsp3) is 0.235. The van der Waals surface area contributed by atoms with Crippen LogP contribution in [0.3, 0.4) is 0 Å². The Morgan fingerprint density at radius 2 is 1.87 bits per heavy atom. The first kappa shape index (κ1) is 18.1. The standard InChI is InChI=1S/C17H16Cl3FN2/c1-3-23(2)10-22-16-9-13(18)12(8-14(16)19)7-11-5-4-6-15(21)17(11)20/h4-6,8-10H,3,7H2,1-2H3. The van der Waals surface area contributed by atoms with Gasteiger partial charge in [-0.15, -0.1) is 0 Å². The van der Waals surface area contributed by atoms with E-state index in [1.807, 2.05) is 18.9 Å². The number of benzene rings is 2. The van der Waals surface area contributed by atoms with E-state index in [1.54, 1.807) is 30.6 Å². The molecule has 0 atom stereocenters. The second-order valence-electron chi connectivity index (χ2n) is 5.10. The van der Waals surface area contributed by atoms with Gasteiger partial charge in [0.15, 0.2) is 0 Å². The van der Waals surface area contributed by atoms with Gasteiger partial charge in [0.1, 0.15) is 5.82 Å². The summed E-state index contributed by atoms with van der Waals surface area (Å²) < 4.78 is 13.5. The van der Waals surface area contributed by atoms with E-state index in [4.69, 9.17) is 34.8 Å². The average molecular weight is 374 g/mol. The van der Waals surface area contributed by atoms with Gasteiger partial charge in [0.25, 0.3) is 0 Å². The molecule has 0 saturated heterocycles. The molecule has 0 saturated carbocycles. The Morgan fingerprint density at radius 3 is 2.57 bits per heavy atom. The molecule has 0 spiro atoms. The molecular weight excluding hydrogens is 358 g/mol. The monoisotopic (exact) mass is 372 g/mol. The van der Waals surface area contributed by atoms with Crippen LogP contribution in [-0.4, -0.2) is 24.8 Å². The highest BCUT2D eigenvalue weighted by Crippen LogP contribution is 2.33. The molecule has 0 aromatic heterocycles. The van der Waals surface area contributed by atoms with Crippen molar-refractivity contribution in [1.29, 1.82) is 0 Å². The van der Waals surface area contributed by atoms with Crippen LogP contribution in [0.4, 0.5) is 10.1 Å². The second-order valence-corrected chi connectivity index (χ2v) is 6.29. The van der Waals surface area contributed by atoms with Crippen molar-refractivity contribution in [2.45, 2.75) is 13.3 Å². The maximum Gasteiger partial charge on any atom is 0.142 e. The minimum absolute atomic E-state index is 0.103. The van der Waals surface area contributed by atoms with Crippen molar-refractivity contribution in [2.24, 2.45) is 4.99 Å². The predicted molar refractivity (Wildman–Crippen MR) is 97.1 cm³/mol. The van der Waals surface area contributed by atoms with Gasteiger partial charge < -0.3 is 4.90 Å². The topological polar surface area (TPSA) is 15.6 Å². The van der Waals surface area contributed by atoms with Crippen LogP contribution in [0, 0.1) is 5.82 Å². The molecule has 6 heteroatoms. The summed E-state index contributed by atoms with van der Waals surface area (Å²) in [6.45, 7) is 2.86. The van der Waals surface area contributed by atoms with Crippen LogP contribution in [0.1, 0.15) is 18.1 Å². The van der Waals surface area contributed by atoms with Crippen LogP contribution < -0.4 is 0 Å². The molecule has 0 fully saturated rings. The lowest BCUT2D eigenvalue weighted by Gasteiger charge is -2.11. The molecule has 0 aliphatic carbocycles. The van der Waals surface area contributed by atoms with Gasteiger partial charge >= 0.3 is 0 Å².